The summed E-state index contributed by atoms with van der Waals surface area (Å²) >= 11 is 7.37. The highest BCUT2D eigenvalue weighted by Gasteiger charge is 2.52. The van der Waals surface area contributed by atoms with Gasteiger partial charge in [0.1, 0.15) is 6.04 Å². The van der Waals surface area contributed by atoms with Gasteiger partial charge in [-0.3, -0.25) is 25.2 Å². The number of carbonyl (C=O) groups is 3. The minimum atomic E-state index is -0.550. The van der Waals surface area contributed by atoms with Crippen molar-refractivity contribution >= 4 is 41.1 Å². The first-order valence-electron chi connectivity index (χ1n) is 7.22. The summed E-state index contributed by atoms with van der Waals surface area (Å²) in [6, 6.07) is 5.78. The van der Waals surface area contributed by atoms with Gasteiger partial charge in [0.2, 0.25) is 5.91 Å². The van der Waals surface area contributed by atoms with Crippen LogP contribution in [0.2, 0.25) is 5.02 Å². The van der Waals surface area contributed by atoms with E-state index in [2.05, 4.69) is 10.9 Å². The molecule has 2 fully saturated rings. The minimum absolute atomic E-state index is 0.0123. The van der Waals surface area contributed by atoms with Crippen LogP contribution in [0.5, 0.6) is 0 Å². The molecule has 2 atom stereocenters. The van der Waals surface area contributed by atoms with Gasteiger partial charge >= 0.3 is 0 Å². The van der Waals surface area contributed by atoms with E-state index < -0.39 is 11.9 Å². The number of nitrogens with zero attached hydrogens (tertiary/aromatic N) is 1. The molecule has 2 N–H and O–H groups in total. The smallest absolute Gasteiger partial charge is 0.269 e. The number of hydrazine groups is 1. The molecule has 3 amide bonds. The maximum atomic E-state index is 12.3. The summed E-state index contributed by atoms with van der Waals surface area (Å²) in [4.78, 5) is 37.6. The summed E-state index contributed by atoms with van der Waals surface area (Å²) in [5, 5.41) is 0.528. The third-order valence-electron chi connectivity index (χ3n) is 4.15. The van der Waals surface area contributed by atoms with Crippen LogP contribution < -0.4 is 10.9 Å². The van der Waals surface area contributed by atoms with E-state index in [1.54, 1.807) is 40.9 Å². The highest BCUT2D eigenvalue weighted by Crippen LogP contribution is 2.47. The van der Waals surface area contributed by atoms with Gasteiger partial charge in [-0.05, 0) is 37.6 Å². The van der Waals surface area contributed by atoms with Gasteiger partial charge in [0.15, 0.2) is 0 Å². The van der Waals surface area contributed by atoms with Crippen molar-refractivity contribution in [2.24, 2.45) is 0 Å². The van der Waals surface area contributed by atoms with Crippen LogP contribution in [-0.4, -0.2) is 39.3 Å². The third-order valence-corrected chi connectivity index (χ3v) is 5.91. The molecule has 1 aromatic rings. The summed E-state index contributed by atoms with van der Waals surface area (Å²) in [7, 11) is 0. The Hall–Kier alpha value is -1.73. The lowest BCUT2D eigenvalue weighted by Crippen LogP contribution is -2.54. The number of hydrogen-bond donors (Lipinski definition) is 2. The molecule has 0 unspecified atom stereocenters. The third kappa shape index (κ3) is 3.03. The van der Waals surface area contributed by atoms with Gasteiger partial charge in [-0.1, -0.05) is 11.6 Å². The number of fused-ring (bicyclic) bond motifs is 1. The Kier molecular flexibility index (Phi) is 4.25. The van der Waals surface area contributed by atoms with E-state index in [0.29, 0.717) is 22.8 Å². The normalized spacial score (nSPS) is 26.1. The van der Waals surface area contributed by atoms with E-state index in [1.165, 1.54) is 0 Å². The Morgan fingerprint density at radius 1 is 1.30 bits per heavy atom. The van der Waals surface area contributed by atoms with Gasteiger partial charge in [0.05, 0.1) is 4.87 Å². The van der Waals surface area contributed by atoms with Crippen LogP contribution in [-0.2, 0) is 9.59 Å². The van der Waals surface area contributed by atoms with E-state index in [9.17, 15) is 14.4 Å². The molecular formula is C15H16ClN3O3S. The van der Waals surface area contributed by atoms with E-state index in [0.717, 1.165) is 6.42 Å². The lowest BCUT2D eigenvalue weighted by molar-refractivity contribution is -0.138. The molecule has 0 aliphatic carbocycles. The number of thioether (sulfide) groups is 1. The topological polar surface area (TPSA) is 78.5 Å². The fraction of sp³-hybridized carbons (Fsp3) is 0.400. The maximum Gasteiger partial charge on any atom is 0.269 e. The minimum Gasteiger partial charge on any atom is -0.315 e. The fourth-order valence-corrected chi connectivity index (χ4v) is 4.45. The number of rotatable bonds is 2. The van der Waals surface area contributed by atoms with Crippen molar-refractivity contribution in [3.05, 3.63) is 34.9 Å². The molecule has 3 rings (SSSR count). The Bertz CT molecular complexity index is 666. The van der Waals surface area contributed by atoms with Crippen LogP contribution in [0.25, 0.3) is 0 Å². The predicted octanol–water partition coefficient (Wildman–Crippen LogP) is 1.55. The summed E-state index contributed by atoms with van der Waals surface area (Å²) in [6.45, 7) is 1.97. The predicted molar refractivity (Wildman–Crippen MR) is 87.8 cm³/mol. The van der Waals surface area contributed by atoms with Crippen molar-refractivity contribution in [3.8, 4) is 0 Å². The van der Waals surface area contributed by atoms with Gasteiger partial charge < -0.3 is 4.90 Å². The highest BCUT2D eigenvalue weighted by molar-refractivity contribution is 8.01. The molecule has 0 saturated carbocycles. The van der Waals surface area contributed by atoms with Gasteiger partial charge in [0, 0.05) is 22.8 Å². The Morgan fingerprint density at radius 2 is 2.00 bits per heavy atom. The van der Waals surface area contributed by atoms with Gasteiger partial charge in [-0.2, -0.15) is 0 Å². The van der Waals surface area contributed by atoms with Gasteiger partial charge in [-0.25, -0.2) is 0 Å². The van der Waals surface area contributed by atoms with Crippen molar-refractivity contribution in [3.63, 3.8) is 0 Å². The molecule has 2 aliphatic rings. The second kappa shape index (κ2) is 6.05. The van der Waals surface area contributed by atoms with E-state index in [-0.39, 0.29) is 16.7 Å². The average Bonchev–Trinajstić information content (AvgIpc) is 3.02. The van der Waals surface area contributed by atoms with E-state index in [4.69, 9.17) is 11.6 Å². The lowest BCUT2D eigenvalue weighted by Gasteiger charge is -2.29. The lowest BCUT2D eigenvalue weighted by atomic mass is 10.2. The van der Waals surface area contributed by atoms with Crippen molar-refractivity contribution < 1.29 is 14.4 Å². The largest absolute Gasteiger partial charge is 0.315 e. The summed E-state index contributed by atoms with van der Waals surface area (Å²) < 4.78 is 0. The molecule has 6 nitrogen and oxygen atoms in total. The molecule has 2 heterocycles. The molecule has 8 heteroatoms. The molecule has 0 radical (unpaired) electrons. The fourth-order valence-electron chi connectivity index (χ4n) is 2.89. The number of halogens is 1. The molecule has 23 heavy (non-hydrogen) atoms. The van der Waals surface area contributed by atoms with Gasteiger partial charge in [0.25, 0.3) is 11.8 Å². The molecular weight excluding hydrogens is 338 g/mol. The van der Waals surface area contributed by atoms with Gasteiger partial charge in [-0.15, -0.1) is 11.8 Å². The Balaban J connectivity index is 1.60. The first kappa shape index (κ1) is 16.1. The van der Waals surface area contributed by atoms with Crippen molar-refractivity contribution in [1.82, 2.24) is 15.8 Å². The van der Waals surface area contributed by atoms with Crippen LogP contribution in [0.4, 0.5) is 0 Å². The first-order valence-corrected chi connectivity index (χ1v) is 8.59. The average molecular weight is 354 g/mol. The summed E-state index contributed by atoms with van der Waals surface area (Å²) in [5.74, 6) is -0.290. The molecule has 0 aromatic heterocycles. The molecule has 122 valence electrons. The molecule has 0 spiro atoms. The number of hydrogen-bond acceptors (Lipinski definition) is 4. The van der Waals surface area contributed by atoms with Crippen LogP contribution in [0, 0.1) is 0 Å². The molecule has 2 aliphatic heterocycles. The van der Waals surface area contributed by atoms with Crippen molar-refractivity contribution in [2.75, 3.05) is 5.75 Å². The highest BCUT2D eigenvalue weighted by atomic mass is 35.5. The number of amides is 3. The summed E-state index contributed by atoms with van der Waals surface area (Å²) in [5.41, 5.74) is 5.17. The number of carbonyl (C=O) groups excluding carboxylic acids is 3. The van der Waals surface area contributed by atoms with Crippen LogP contribution in [0.15, 0.2) is 24.3 Å². The van der Waals surface area contributed by atoms with Crippen molar-refractivity contribution in [2.45, 2.75) is 30.7 Å². The molecule has 1 aromatic carbocycles. The van der Waals surface area contributed by atoms with Crippen LogP contribution in [0.3, 0.4) is 0 Å². The SMILES string of the molecule is C[C@]12CCC(=O)N1[C@H](C(=O)NNC(=O)c1ccc(Cl)cc1)CS2. The second-order valence-electron chi connectivity index (χ2n) is 5.72. The zero-order chi connectivity index (χ0) is 16.6. The Labute approximate surface area is 142 Å². The first-order chi connectivity index (χ1) is 10.9. The molecule has 2 saturated heterocycles. The molecule has 0 bridgehead atoms. The zero-order valence-corrected chi connectivity index (χ0v) is 14.0. The quantitative estimate of drug-likeness (QED) is 0.791. The second-order valence-corrected chi connectivity index (χ2v) is 7.65. The van der Waals surface area contributed by atoms with E-state index >= 15 is 0 Å². The number of benzene rings is 1. The maximum absolute atomic E-state index is 12.3. The standard InChI is InChI=1S/C15H16ClN3O3S/c1-15-7-6-12(20)19(15)11(8-23-15)14(22)18-17-13(21)9-2-4-10(16)5-3-9/h2-5,11H,6-8H2,1H3,(H,17,21)(H,18,22)/t11-,15-/m0/s1. The zero-order valence-electron chi connectivity index (χ0n) is 12.5. The monoisotopic (exact) mass is 353 g/mol. The van der Waals surface area contributed by atoms with Crippen LogP contribution in [0.1, 0.15) is 30.1 Å². The summed E-state index contributed by atoms with van der Waals surface area (Å²) in [6.07, 6.45) is 1.21. The Morgan fingerprint density at radius 3 is 2.70 bits per heavy atom. The van der Waals surface area contributed by atoms with Crippen molar-refractivity contribution in [1.29, 1.82) is 0 Å². The van der Waals surface area contributed by atoms with E-state index in [1.807, 2.05) is 6.92 Å². The number of nitrogens with one attached hydrogen (secondary N) is 2. The van der Waals surface area contributed by atoms with Crippen LogP contribution >= 0.6 is 23.4 Å².